The highest BCUT2D eigenvalue weighted by molar-refractivity contribution is 5.88. The molecule has 0 saturated heterocycles. The van der Waals surface area contributed by atoms with Gasteiger partial charge in [0, 0.05) is 12.0 Å². The molecular formula is C10H14O2. The second-order valence-electron chi connectivity index (χ2n) is 2.24. The van der Waals surface area contributed by atoms with Crippen LogP contribution >= 0.6 is 0 Å². The summed E-state index contributed by atoms with van der Waals surface area (Å²) in [4.78, 5) is 11.1. The van der Waals surface area contributed by atoms with Crippen LogP contribution in [-0.2, 0) is 9.53 Å². The van der Waals surface area contributed by atoms with Crippen LogP contribution in [0.3, 0.4) is 0 Å². The van der Waals surface area contributed by atoms with Crippen molar-refractivity contribution in [3.63, 3.8) is 0 Å². The van der Waals surface area contributed by atoms with E-state index in [1.165, 1.54) is 0 Å². The normalized spacial score (nSPS) is 10.6. The van der Waals surface area contributed by atoms with Crippen molar-refractivity contribution in [1.29, 1.82) is 0 Å². The van der Waals surface area contributed by atoms with E-state index in [9.17, 15) is 4.79 Å². The molecule has 0 bridgehead atoms. The lowest BCUT2D eigenvalue weighted by Gasteiger charge is -2.02. The first-order valence-electron chi connectivity index (χ1n) is 4.05. The van der Waals surface area contributed by atoms with Crippen molar-refractivity contribution in [3.8, 4) is 12.3 Å². The monoisotopic (exact) mass is 166 g/mol. The van der Waals surface area contributed by atoms with Crippen molar-refractivity contribution in [1.82, 2.24) is 0 Å². The second kappa shape index (κ2) is 6.48. The predicted octanol–water partition coefficient (Wildman–Crippen LogP) is 1.91. The van der Waals surface area contributed by atoms with Crippen LogP contribution in [0.15, 0.2) is 11.6 Å². The fraction of sp³-hybridized carbons (Fsp3) is 0.500. The Morgan fingerprint density at radius 3 is 2.67 bits per heavy atom. The topological polar surface area (TPSA) is 26.3 Å². The molecule has 0 aliphatic heterocycles. The largest absolute Gasteiger partial charge is 0.463 e. The molecule has 66 valence electrons. The number of allylic oxidation sites excluding steroid dienone is 1. The van der Waals surface area contributed by atoms with Gasteiger partial charge < -0.3 is 4.74 Å². The number of carbonyl (C=O) groups excluding carboxylic acids is 1. The van der Waals surface area contributed by atoms with Crippen LogP contribution in [0.2, 0.25) is 0 Å². The van der Waals surface area contributed by atoms with Crippen LogP contribution in [0, 0.1) is 12.3 Å². The minimum Gasteiger partial charge on any atom is -0.463 e. The van der Waals surface area contributed by atoms with Crippen LogP contribution in [0.25, 0.3) is 0 Å². The van der Waals surface area contributed by atoms with Crippen molar-refractivity contribution in [2.24, 2.45) is 0 Å². The third kappa shape index (κ3) is 3.82. The molecule has 0 heterocycles. The molecule has 0 fully saturated rings. The van der Waals surface area contributed by atoms with Crippen molar-refractivity contribution in [2.75, 3.05) is 6.61 Å². The highest BCUT2D eigenvalue weighted by atomic mass is 16.5. The van der Waals surface area contributed by atoms with E-state index >= 15 is 0 Å². The molecule has 12 heavy (non-hydrogen) atoms. The van der Waals surface area contributed by atoms with Crippen LogP contribution in [0.5, 0.6) is 0 Å². The van der Waals surface area contributed by atoms with Gasteiger partial charge in [0.1, 0.15) is 0 Å². The molecule has 0 aromatic heterocycles. The Bertz CT molecular complexity index is 208. The standard InChI is InChI=1S/C10H14O2/c1-4-7-9(8-5-2)10(11)12-6-3/h1,8H,5-7H2,2-3H3/b9-8+. The van der Waals surface area contributed by atoms with E-state index in [0.29, 0.717) is 18.6 Å². The van der Waals surface area contributed by atoms with Crippen LogP contribution in [0.4, 0.5) is 0 Å². The first kappa shape index (κ1) is 10.8. The third-order valence-corrected chi connectivity index (χ3v) is 1.28. The van der Waals surface area contributed by atoms with Crippen molar-refractivity contribution in [2.45, 2.75) is 26.7 Å². The van der Waals surface area contributed by atoms with Crippen LogP contribution < -0.4 is 0 Å². The molecule has 0 aliphatic carbocycles. The van der Waals surface area contributed by atoms with Gasteiger partial charge in [0.2, 0.25) is 0 Å². The van der Waals surface area contributed by atoms with Gasteiger partial charge in [0.25, 0.3) is 0 Å². The van der Waals surface area contributed by atoms with Gasteiger partial charge in [-0.15, -0.1) is 12.3 Å². The zero-order chi connectivity index (χ0) is 9.40. The van der Waals surface area contributed by atoms with E-state index in [1.807, 2.05) is 6.92 Å². The zero-order valence-electron chi connectivity index (χ0n) is 7.59. The number of esters is 1. The van der Waals surface area contributed by atoms with Gasteiger partial charge in [-0.05, 0) is 13.3 Å². The molecule has 0 saturated carbocycles. The molecule has 2 nitrogen and oxygen atoms in total. The molecular weight excluding hydrogens is 152 g/mol. The number of ether oxygens (including phenoxy) is 1. The van der Waals surface area contributed by atoms with E-state index in [0.717, 1.165) is 6.42 Å². The highest BCUT2D eigenvalue weighted by Gasteiger charge is 2.07. The molecule has 0 N–H and O–H groups in total. The molecule has 0 rings (SSSR count). The quantitative estimate of drug-likeness (QED) is 0.362. The smallest absolute Gasteiger partial charge is 0.334 e. The molecule has 0 radical (unpaired) electrons. The number of carbonyl (C=O) groups is 1. The fourth-order valence-corrected chi connectivity index (χ4v) is 0.808. The summed E-state index contributed by atoms with van der Waals surface area (Å²) in [7, 11) is 0. The van der Waals surface area contributed by atoms with E-state index < -0.39 is 0 Å². The Labute approximate surface area is 73.6 Å². The molecule has 0 aromatic carbocycles. The Balaban J connectivity index is 4.21. The Hall–Kier alpha value is -1.23. The number of rotatable bonds is 4. The number of hydrogen-bond donors (Lipinski definition) is 0. The molecule has 0 atom stereocenters. The summed E-state index contributed by atoms with van der Waals surface area (Å²) in [5, 5.41) is 0. The van der Waals surface area contributed by atoms with Gasteiger partial charge in [-0.2, -0.15) is 0 Å². The van der Waals surface area contributed by atoms with Gasteiger partial charge in [-0.25, -0.2) is 4.79 Å². The minimum absolute atomic E-state index is 0.294. The third-order valence-electron chi connectivity index (χ3n) is 1.28. The average Bonchev–Trinajstić information content (AvgIpc) is 2.04. The fourth-order valence-electron chi connectivity index (χ4n) is 0.808. The van der Waals surface area contributed by atoms with Crippen molar-refractivity contribution >= 4 is 5.97 Å². The van der Waals surface area contributed by atoms with Crippen molar-refractivity contribution < 1.29 is 9.53 Å². The van der Waals surface area contributed by atoms with Gasteiger partial charge in [0.05, 0.1) is 6.61 Å². The summed E-state index contributed by atoms with van der Waals surface area (Å²) in [5.41, 5.74) is 0.585. The lowest BCUT2D eigenvalue weighted by atomic mass is 10.1. The SMILES string of the molecule is C#CC/C(=C\CC)C(=O)OCC. The maximum Gasteiger partial charge on any atom is 0.334 e. The predicted molar refractivity (Wildman–Crippen MR) is 48.5 cm³/mol. The molecule has 0 aliphatic rings. The molecule has 0 spiro atoms. The second-order valence-corrected chi connectivity index (χ2v) is 2.24. The van der Waals surface area contributed by atoms with E-state index in [4.69, 9.17) is 11.2 Å². The van der Waals surface area contributed by atoms with E-state index in [-0.39, 0.29) is 5.97 Å². The first-order chi connectivity index (χ1) is 5.76. The van der Waals surface area contributed by atoms with Gasteiger partial charge in [-0.3, -0.25) is 0 Å². The summed E-state index contributed by atoms with van der Waals surface area (Å²) in [6.45, 7) is 4.12. The Morgan fingerprint density at radius 1 is 1.58 bits per heavy atom. The number of terminal acetylenes is 1. The zero-order valence-corrected chi connectivity index (χ0v) is 7.59. The summed E-state index contributed by atoms with van der Waals surface area (Å²) in [5.74, 6) is 2.13. The van der Waals surface area contributed by atoms with Crippen molar-refractivity contribution in [3.05, 3.63) is 11.6 Å². The Kier molecular flexibility index (Phi) is 5.81. The molecule has 0 aromatic rings. The maximum absolute atomic E-state index is 11.1. The summed E-state index contributed by atoms with van der Waals surface area (Å²) >= 11 is 0. The van der Waals surface area contributed by atoms with Crippen LogP contribution in [0.1, 0.15) is 26.7 Å². The average molecular weight is 166 g/mol. The lowest BCUT2D eigenvalue weighted by Crippen LogP contribution is -2.07. The maximum atomic E-state index is 11.1. The van der Waals surface area contributed by atoms with Gasteiger partial charge >= 0.3 is 5.97 Å². The van der Waals surface area contributed by atoms with E-state index in [1.54, 1.807) is 13.0 Å². The number of hydrogen-bond acceptors (Lipinski definition) is 2. The first-order valence-corrected chi connectivity index (χ1v) is 4.05. The minimum atomic E-state index is -0.294. The summed E-state index contributed by atoms with van der Waals surface area (Å²) in [6, 6.07) is 0. The molecule has 0 amide bonds. The van der Waals surface area contributed by atoms with Crippen LogP contribution in [-0.4, -0.2) is 12.6 Å². The summed E-state index contributed by atoms with van der Waals surface area (Å²) < 4.78 is 4.81. The lowest BCUT2D eigenvalue weighted by molar-refractivity contribution is -0.138. The van der Waals surface area contributed by atoms with Gasteiger partial charge in [0.15, 0.2) is 0 Å². The molecule has 2 heteroatoms. The Morgan fingerprint density at radius 2 is 2.25 bits per heavy atom. The summed E-state index contributed by atoms with van der Waals surface area (Å²) in [6.07, 6.45) is 8.05. The van der Waals surface area contributed by atoms with E-state index in [2.05, 4.69) is 5.92 Å². The van der Waals surface area contributed by atoms with Gasteiger partial charge in [-0.1, -0.05) is 13.0 Å². The molecule has 0 unspecified atom stereocenters. The highest BCUT2D eigenvalue weighted by Crippen LogP contribution is 2.04.